The van der Waals surface area contributed by atoms with E-state index in [1.807, 2.05) is 6.08 Å². The van der Waals surface area contributed by atoms with Crippen LogP contribution < -0.4 is 9.64 Å². The second-order valence-corrected chi connectivity index (χ2v) is 11.0. The normalized spacial score (nSPS) is 23.6. The van der Waals surface area contributed by atoms with Crippen molar-refractivity contribution in [2.45, 2.75) is 83.0 Å². The summed E-state index contributed by atoms with van der Waals surface area (Å²) in [7, 11) is 0. The molecule has 0 spiro atoms. The smallest absolute Gasteiger partial charge is 0.231 e. The van der Waals surface area contributed by atoms with Gasteiger partial charge in [-0.25, -0.2) is 14.7 Å². The molecule has 1 unspecified atom stereocenters. The van der Waals surface area contributed by atoms with Crippen LogP contribution in [0.2, 0.25) is 0 Å². The molecular weight excluding hydrogens is 526 g/mol. The zero-order valence-corrected chi connectivity index (χ0v) is 23.4. The Kier molecular flexibility index (Phi) is 9.61. The molecule has 2 aliphatic heterocycles. The Morgan fingerprint density at radius 1 is 1.02 bits per heavy atom. The van der Waals surface area contributed by atoms with E-state index in [0.29, 0.717) is 35.7 Å². The molecule has 1 amide bonds. The van der Waals surface area contributed by atoms with Crippen LogP contribution in [-0.4, -0.2) is 39.7 Å². The van der Waals surface area contributed by atoms with E-state index in [1.54, 1.807) is 17.0 Å². The number of carbonyl (C=O) groups excluding carboxylic acids is 1. The number of nitrogens with zero attached hydrogens (tertiary/aromatic N) is 1. The van der Waals surface area contributed by atoms with Crippen LogP contribution in [0.25, 0.3) is 0 Å². The fraction of sp³-hybridized carbons (Fsp3) is 0.469. The highest BCUT2D eigenvalue weighted by molar-refractivity contribution is 6.04. The second-order valence-electron chi connectivity index (χ2n) is 11.0. The van der Waals surface area contributed by atoms with Crippen molar-refractivity contribution in [1.29, 1.82) is 0 Å². The summed E-state index contributed by atoms with van der Waals surface area (Å²) in [5.41, 5.74) is 1.11. The number of hydrogen-bond donors (Lipinski definition) is 3. The molecule has 5 rings (SSSR count). The van der Waals surface area contributed by atoms with E-state index in [0.717, 1.165) is 44.9 Å². The lowest BCUT2D eigenvalue weighted by atomic mass is 9.89. The van der Waals surface area contributed by atoms with Crippen molar-refractivity contribution >= 4 is 17.3 Å². The molecule has 41 heavy (non-hydrogen) atoms. The summed E-state index contributed by atoms with van der Waals surface area (Å²) in [6.45, 7) is 2.15. The summed E-state index contributed by atoms with van der Waals surface area (Å²) in [5, 5.41) is 29.1. The Morgan fingerprint density at radius 2 is 1.73 bits per heavy atom. The molecule has 9 heteroatoms. The molecule has 2 aromatic rings. The predicted octanol–water partition coefficient (Wildman–Crippen LogP) is 7.31. The number of amides is 1. The Balaban J connectivity index is 1.14. The van der Waals surface area contributed by atoms with Crippen molar-refractivity contribution < 1.29 is 39.7 Å². The minimum atomic E-state index is -0.308. The van der Waals surface area contributed by atoms with Gasteiger partial charge in [-0.05, 0) is 49.9 Å². The quantitative estimate of drug-likeness (QED) is 0.100. The first-order valence-electron chi connectivity index (χ1n) is 14.6. The number of phenolic OH excluding ortho intramolecular Hbond substituents is 2. The van der Waals surface area contributed by atoms with Crippen LogP contribution in [0.3, 0.4) is 0 Å². The fourth-order valence-electron chi connectivity index (χ4n) is 5.96. The van der Waals surface area contributed by atoms with Gasteiger partial charge in [-0.1, -0.05) is 50.5 Å². The molecule has 0 radical (unpaired) electrons. The SMILES string of the molecule is CCCCC[C@@H](/C=C/[C@@H]1C(C/C=C\CCCC(=O)N2c3ccc(O)cc3Oc3cc(O)ccc32)[C@@H]2C[C@H]1OO2)OO. The lowest BCUT2D eigenvalue weighted by Crippen LogP contribution is -2.29. The maximum atomic E-state index is 13.4. The molecule has 1 saturated carbocycles. The predicted molar refractivity (Wildman–Crippen MR) is 153 cm³/mol. The number of rotatable bonds is 13. The standard InChI is InChI=1S/C32H39NO8/c1-2-3-6-9-23(39-37)14-15-25-24(28-20-29(25)41-40-28)10-7-4-5-8-11-32(36)33-26-16-12-21(34)18-30(26)38-31-19-22(35)13-17-27(31)33/h4,7,12-19,23-25,28-29,34-35,37H,2-3,5-6,8-11,20H2,1H3/b7-4-,15-14+/t23-,24?,25+,28-,29+/m0/s1. The minimum absolute atomic E-state index is 0.0189. The molecule has 5 atom stereocenters. The van der Waals surface area contributed by atoms with Gasteiger partial charge in [-0.3, -0.25) is 15.0 Å². The third-order valence-corrected chi connectivity index (χ3v) is 8.12. The summed E-state index contributed by atoms with van der Waals surface area (Å²) in [6, 6.07) is 9.28. The maximum absolute atomic E-state index is 13.4. The van der Waals surface area contributed by atoms with Crippen LogP contribution in [0.15, 0.2) is 60.7 Å². The van der Waals surface area contributed by atoms with E-state index in [-0.39, 0.29) is 47.6 Å². The molecular formula is C32H39NO8. The number of ether oxygens (including phenoxy) is 1. The molecule has 0 aromatic heterocycles. The van der Waals surface area contributed by atoms with Crippen molar-refractivity contribution in [2.75, 3.05) is 4.90 Å². The van der Waals surface area contributed by atoms with Gasteiger partial charge in [0.05, 0.1) is 17.5 Å². The molecule has 3 aliphatic rings. The fourth-order valence-corrected chi connectivity index (χ4v) is 5.96. The first kappa shape index (κ1) is 29.1. The van der Waals surface area contributed by atoms with Crippen LogP contribution >= 0.6 is 0 Å². The monoisotopic (exact) mass is 565 g/mol. The van der Waals surface area contributed by atoms with Crippen molar-refractivity contribution in [2.24, 2.45) is 11.8 Å². The topological polar surface area (TPSA) is 118 Å². The lowest BCUT2D eigenvalue weighted by molar-refractivity contribution is -0.336. The van der Waals surface area contributed by atoms with Gasteiger partial charge < -0.3 is 14.9 Å². The molecule has 2 heterocycles. The van der Waals surface area contributed by atoms with Gasteiger partial charge in [0.2, 0.25) is 5.91 Å². The van der Waals surface area contributed by atoms with E-state index in [4.69, 9.17) is 14.5 Å². The van der Waals surface area contributed by atoms with Gasteiger partial charge in [0, 0.05) is 36.8 Å². The lowest BCUT2D eigenvalue weighted by Gasteiger charge is -2.31. The van der Waals surface area contributed by atoms with Gasteiger partial charge in [0.15, 0.2) is 11.5 Å². The van der Waals surface area contributed by atoms with Crippen LogP contribution in [0.4, 0.5) is 11.4 Å². The third-order valence-electron chi connectivity index (χ3n) is 8.12. The van der Waals surface area contributed by atoms with Crippen molar-refractivity contribution in [3.63, 3.8) is 0 Å². The average Bonchev–Trinajstić information content (AvgIpc) is 3.57. The van der Waals surface area contributed by atoms with Gasteiger partial charge in [0.25, 0.3) is 0 Å². The van der Waals surface area contributed by atoms with Crippen molar-refractivity contribution in [3.05, 3.63) is 60.7 Å². The first-order chi connectivity index (χ1) is 20.0. The van der Waals surface area contributed by atoms with Crippen LogP contribution in [0.1, 0.15) is 64.7 Å². The average molecular weight is 566 g/mol. The zero-order valence-electron chi connectivity index (χ0n) is 23.4. The number of aromatic hydroxyl groups is 2. The molecule has 9 nitrogen and oxygen atoms in total. The molecule has 1 aliphatic carbocycles. The highest BCUT2D eigenvalue weighted by atomic mass is 17.2. The molecule has 2 fully saturated rings. The molecule has 2 bridgehead atoms. The van der Waals surface area contributed by atoms with E-state index < -0.39 is 0 Å². The highest BCUT2D eigenvalue weighted by Gasteiger charge is 2.49. The minimum Gasteiger partial charge on any atom is -0.508 e. The van der Waals surface area contributed by atoms with Gasteiger partial charge >= 0.3 is 0 Å². The number of allylic oxidation sites excluding steroid dienone is 2. The van der Waals surface area contributed by atoms with Gasteiger partial charge in [-0.15, -0.1) is 0 Å². The number of anilines is 2. The van der Waals surface area contributed by atoms with Crippen LogP contribution in [0.5, 0.6) is 23.0 Å². The molecule has 220 valence electrons. The summed E-state index contributed by atoms with van der Waals surface area (Å²) in [5.74, 6) is 1.16. The number of phenols is 2. The van der Waals surface area contributed by atoms with E-state index in [2.05, 4.69) is 30.0 Å². The number of hydrogen-bond acceptors (Lipinski definition) is 8. The van der Waals surface area contributed by atoms with Crippen molar-refractivity contribution in [3.8, 4) is 23.0 Å². The first-order valence-corrected chi connectivity index (χ1v) is 14.6. The summed E-state index contributed by atoms with van der Waals surface area (Å²) in [4.78, 5) is 30.6. The molecule has 1 saturated heterocycles. The maximum Gasteiger partial charge on any atom is 0.231 e. The zero-order chi connectivity index (χ0) is 28.8. The van der Waals surface area contributed by atoms with E-state index in [1.165, 1.54) is 24.3 Å². The van der Waals surface area contributed by atoms with Crippen LogP contribution in [-0.2, 0) is 19.5 Å². The highest BCUT2D eigenvalue weighted by Crippen LogP contribution is 2.49. The number of benzene rings is 2. The second kappa shape index (κ2) is 13.5. The summed E-state index contributed by atoms with van der Waals surface area (Å²) < 4.78 is 5.85. The van der Waals surface area contributed by atoms with E-state index in [9.17, 15) is 20.3 Å². The Morgan fingerprint density at radius 3 is 2.41 bits per heavy atom. The summed E-state index contributed by atoms with van der Waals surface area (Å²) >= 11 is 0. The largest absolute Gasteiger partial charge is 0.508 e. The number of fused-ring (bicyclic) bond motifs is 4. The Labute approximate surface area is 240 Å². The van der Waals surface area contributed by atoms with Gasteiger partial charge in [0.1, 0.15) is 23.7 Å². The Bertz CT molecular complexity index is 1210. The van der Waals surface area contributed by atoms with E-state index >= 15 is 0 Å². The molecule has 2 aromatic carbocycles. The molecule has 3 N–H and O–H groups in total. The van der Waals surface area contributed by atoms with Crippen LogP contribution in [0, 0.1) is 11.8 Å². The number of carbonyl (C=O) groups is 1. The summed E-state index contributed by atoms with van der Waals surface area (Å²) in [6.07, 6.45) is 15.6. The number of unbranched alkanes of at least 4 members (excludes halogenated alkanes) is 3. The van der Waals surface area contributed by atoms with Gasteiger partial charge in [-0.2, -0.15) is 0 Å². The third kappa shape index (κ3) is 6.76. The Hall–Kier alpha value is -3.37. The van der Waals surface area contributed by atoms with Crippen molar-refractivity contribution in [1.82, 2.24) is 0 Å².